The molecule has 190 valence electrons. The first kappa shape index (κ1) is 26.5. The highest BCUT2D eigenvalue weighted by Gasteiger charge is 2.22. The summed E-state index contributed by atoms with van der Waals surface area (Å²) in [5.74, 6) is 1.21. The highest BCUT2D eigenvalue weighted by atomic mass is 16.5. The molecule has 0 saturated carbocycles. The molecule has 1 aromatic carbocycles. The van der Waals surface area contributed by atoms with E-state index in [0.717, 1.165) is 75.3 Å². The van der Waals surface area contributed by atoms with Gasteiger partial charge in [-0.2, -0.15) is 0 Å². The van der Waals surface area contributed by atoms with Crippen LogP contribution in [-0.4, -0.2) is 84.5 Å². The van der Waals surface area contributed by atoms with Crippen molar-refractivity contribution in [2.45, 2.75) is 78.4 Å². The molecule has 0 bridgehead atoms. The molecular formula is C27H44N4O3. The summed E-state index contributed by atoms with van der Waals surface area (Å²) in [4.78, 5) is 31.9. The van der Waals surface area contributed by atoms with Gasteiger partial charge in [-0.15, -0.1) is 0 Å². The number of carbonyl (C=O) groups excluding carboxylic acids is 2. The number of benzene rings is 1. The Morgan fingerprint density at radius 1 is 0.971 bits per heavy atom. The molecule has 0 spiro atoms. The van der Waals surface area contributed by atoms with Crippen LogP contribution in [0.15, 0.2) is 18.2 Å². The molecule has 34 heavy (non-hydrogen) atoms. The minimum Gasteiger partial charge on any atom is -0.493 e. The molecule has 7 heteroatoms. The normalized spacial score (nSPS) is 19.6. The first-order valence-electron chi connectivity index (χ1n) is 13.1. The summed E-state index contributed by atoms with van der Waals surface area (Å²) in [5.41, 5.74) is 2.24. The number of nitrogens with one attached hydrogen (secondary N) is 1. The maximum atomic E-state index is 12.8. The molecular weight excluding hydrogens is 428 g/mol. The number of nitrogens with zero attached hydrogens (tertiary/aromatic N) is 3. The van der Waals surface area contributed by atoms with E-state index in [1.54, 1.807) is 0 Å². The molecule has 1 aromatic rings. The van der Waals surface area contributed by atoms with Crippen LogP contribution in [0.25, 0.3) is 0 Å². The van der Waals surface area contributed by atoms with Crippen molar-refractivity contribution in [2.75, 3.05) is 45.9 Å². The molecule has 2 aliphatic heterocycles. The van der Waals surface area contributed by atoms with Gasteiger partial charge in [0.15, 0.2) is 0 Å². The molecule has 0 aliphatic carbocycles. The van der Waals surface area contributed by atoms with Crippen LogP contribution in [0.1, 0.15) is 64.5 Å². The first-order valence-corrected chi connectivity index (χ1v) is 13.1. The Morgan fingerprint density at radius 2 is 1.71 bits per heavy atom. The van der Waals surface area contributed by atoms with E-state index in [-0.39, 0.29) is 17.9 Å². The van der Waals surface area contributed by atoms with Crippen molar-refractivity contribution in [3.05, 3.63) is 29.3 Å². The zero-order valence-corrected chi connectivity index (χ0v) is 21.6. The summed E-state index contributed by atoms with van der Waals surface area (Å²) in [6.07, 6.45) is 4.23. The van der Waals surface area contributed by atoms with Crippen molar-refractivity contribution in [3.63, 3.8) is 0 Å². The second kappa shape index (κ2) is 13.1. The van der Waals surface area contributed by atoms with Gasteiger partial charge in [0.1, 0.15) is 5.75 Å². The van der Waals surface area contributed by atoms with Crippen LogP contribution in [0.3, 0.4) is 0 Å². The van der Waals surface area contributed by atoms with Gasteiger partial charge in [0.2, 0.25) is 11.8 Å². The van der Waals surface area contributed by atoms with Gasteiger partial charge in [-0.1, -0.05) is 12.1 Å². The molecule has 7 nitrogen and oxygen atoms in total. The lowest BCUT2D eigenvalue weighted by Gasteiger charge is -2.37. The van der Waals surface area contributed by atoms with E-state index in [0.29, 0.717) is 32.2 Å². The van der Waals surface area contributed by atoms with E-state index >= 15 is 0 Å². The van der Waals surface area contributed by atoms with Gasteiger partial charge >= 0.3 is 0 Å². The number of ether oxygens (including phenoxy) is 1. The fraction of sp³-hybridized carbons (Fsp3) is 0.704. The maximum Gasteiger partial charge on any atom is 0.234 e. The third-order valence-electron chi connectivity index (χ3n) is 7.00. The van der Waals surface area contributed by atoms with E-state index < -0.39 is 0 Å². The summed E-state index contributed by atoms with van der Waals surface area (Å²) in [6, 6.07) is 7.08. The predicted molar refractivity (Wildman–Crippen MR) is 136 cm³/mol. The average Bonchev–Trinajstić information content (AvgIpc) is 2.83. The number of carbonyl (C=O) groups is 2. The van der Waals surface area contributed by atoms with Crippen LogP contribution in [-0.2, 0) is 22.6 Å². The van der Waals surface area contributed by atoms with Crippen LogP contribution in [0.2, 0.25) is 0 Å². The van der Waals surface area contributed by atoms with Gasteiger partial charge in [0.05, 0.1) is 13.2 Å². The van der Waals surface area contributed by atoms with Crippen molar-refractivity contribution in [2.24, 2.45) is 0 Å². The summed E-state index contributed by atoms with van der Waals surface area (Å²) in [6.45, 7) is 14.6. The first-order chi connectivity index (χ1) is 16.3. The standard InChI is InChI=1S/C27H44N4O3/c1-21(2)29-13-15-30(16-14-29)27(33)11-9-23-8-10-25-24(18-23)19-31(22(3)4)20-26(32)28-12-6-5-7-17-34-25/h8,10,18,21-22H,5-7,9,11-17,19-20H2,1-4H3,(H,28,32). The number of piperazine rings is 1. The molecule has 0 radical (unpaired) electrons. The fourth-order valence-corrected chi connectivity index (χ4v) is 4.64. The minimum atomic E-state index is 0.0785. The molecule has 2 heterocycles. The number of hydrogen-bond donors (Lipinski definition) is 1. The molecule has 0 unspecified atom stereocenters. The second-order valence-corrected chi connectivity index (χ2v) is 10.2. The molecule has 0 aromatic heterocycles. The lowest BCUT2D eigenvalue weighted by Crippen LogP contribution is -2.50. The van der Waals surface area contributed by atoms with Crippen molar-refractivity contribution in [1.29, 1.82) is 0 Å². The minimum absolute atomic E-state index is 0.0785. The van der Waals surface area contributed by atoms with Crippen molar-refractivity contribution < 1.29 is 14.3 Å². The highest BCUT2D eigenvalue weighted by Crippen LogP contribution is 2.24. The molecule has 1 fully saturated rings. The Morgan fingerprint density at radius 3 is 2.41 bits per heavy atom. The molecule has 2 aliphatic rings. The van der Waals surface area contributed by atoms with Crippen LogP contribution in [0, 0.1) is 0 Å². The quantitative estimate of drug-likeness (QED) is 0.714. The van der Waals surface area contributed by atoms with E-state index in [9.17, 15) is 9.59 Å². The maximum absolute atomic E-state index is 12.8. The van der Waals surface area contributed by atoms with Crippen molar-refractivity contribution >= 4 is 11.8 Å². The number of amides is 2. The number of aryl methyl sites for hydroxylation is 1. The van der Waals surface area contributed by atoms with Crippen LogP contribution >= 0.6 is 0 Å². The largest absolute Gasteiger partial charge is 0.493 e. The Balaban J connectivity index is 1.66. The lowest BCUT2D eigenvalue weighted by atomic mass is 10.0. The van der Waals surface area contributed by atoms with E-state index in [1.165, 1.54) is 0 Å². The zero-order chi connectivity index (χ0) is 24.5. The summed E-state index contributed by atoms with van der Waals surface area (Å²) >= 11 is 0. The SMILES string of the molecule is CC(C)N1CCN(C(=O)CCc2ccc3c(c2)CN(C(C)C)CC(=O)NCCCCCO3)CC1. The monoisotopic (exact) mass is 472 g/mol. The fourth-order valence-electron chi connectivity index (χ4n) is 4.64. The molecule has 1 N–H and O–H groups in total. The van der Waals surface area contributed by atoms with E-state index in [4.69, 9.17) is 4.74 Å². The predicted octanol–water partition coefficient (Wildman–Crippen LogP) is 3.06. The van der Waals surface area contributed by atoms with Crippen LogP contribution in [0.5, 0.6) is 5.75 Å². The van der Waals surface area contributed by atoms with Crippen LogP contribution < -0.4 is 10.1 Å². The van der Waals surface area contributed by atoms with Crippen LogP contribution in [0.4, 0.5) is 0 Å². The van der Waals surface area contributed by atoms with E-state index in [1.807, 2.05) is 4.90 Å². The average molecular weight is 473 g/mol. The topological polar surface area (TPSA) is 65.1 Å². The van der Waals surface area contributed by atoms with Crippen molar-refractivity contribution in [1.82, 2.24) is 20.0 Å². The van der Waals surface area contributed by atoms with Gasteiger partial charge < -0.3 is 15.0 Å². The molecule has 0 atom stereocenters. The summed E-state index contributed by atoms with van der Waals surface area (Å²) < 4.78 is 6.15. The Bertz CT molecular complexity index is 803. The summed E-state index contributed by atoms with van der Waals surface area (Å²) in [5, 5.41) is 3.05. The molecule has 3 rings (SSSR count). The highest BCUT2D eigenvalue weighted by molar-refractivity contribution is 5.78. The van der Waals surface area contributed by atoms with Gasteiger partial charge in [-0.05, 0) is 65.0 Å². The molecule has 1 saturated heterocycles. The Hall–Kier alpha value is -2.12. The van der Waals surface area contributed by atoms with Gasteiger partial charge in [0, 0.05) is 63.3 Å². The number of fused-ring (bicyclic) bond motifs is 1. The third kappa shape index (κ3) is 7.98. The Kier molecular flexibility index (Phi) is 10.2. The third-order valence-corrected chi connectivity index (χ3v) is 7.00. The zero-order valence-electron chi connectivity index (χ0n) is 21.6. The van der Waals surface area contributed by atoms with Gasteiger partial charge in [-0.25, -0.2) is 0 Å². The van der Waals surface area contributed by atoms with E-state index in [2.05, 4.69) is 61.0 Å². The number of rotatable bonds is 5. The Labute approximate surface area is 205 Å². The van der Waals surface area contributed by atoms with Gasteiger partial charge in [0.25, 0.3) is 0 Å². The van der Waals surface area contributed by atoms with Crippen molar-refractivity contribution in [3.8, 4) is 5.75 Å². The summed E-state index contributed by atoms with van der Waals surface area (Å²) in [7, 11) is 0. The lowest BCUT2D eigenvalue weighted by molar-refractivity contribution is -0.133. The molecule has 2 amide bonds. The second-order valence-electron chi connectivity index (χ2n) is 10.2. The smallest absolute Gasteiger partial charge is 0.234 e. The number of hydrogen-bond acceptors (Lipinski definition) is 5. The van der Waals surface area contributed by atoms with Gasteiger partial charge in [-0.3, -0.25) is 19.4 Å².